The second-order valence-corrected chi connectivity index (χ2v) is 4.97. The Labute approximate surface area is 96.9 Å². The summed E-state index contributed by atoms with van der Waals surface area (Å²) < 4.78 is 0. The molecule has 0 spiro atoms. The van der Waals surface area contributed by atoms with Gasteiger partial charge in [-0.1, -0.05) is 20.3 Å². The van der Waals surface area contributed by atoms with Crippen molar-refractivity contribution >= 4 is 11.6 Å². The highest BCUT2D eigenvalue weighted by atomic mass is 15.3. The fraction of sp³-hybridized carbons (Fsp3) is 0.667. The third-order valence-electron chi connectivity index (χ3n) is 3.82. The van der Waals surface area contributed by atoms with Crippen LogP contribution >= 0.6 is 0 Å². The molecule has 1 aliphatic rings. The lowest BCUT2D eigenvalue weighted by atomic mass is 9.78. The summed E-state index contributed by atoms with van der Waals surface area (Å²) in [6, 6.07) is 3.77. The highest BCUT2D eigenvalue weighted by Crippen LogP contribution is 2.34. The van der Waals surface area contributed by atoms with E-state index in [1.54, 1.807) is 0 Å². The fourth-order valence-corrected chi connectivity index (χ4v) is 2.13. The molecule has 88 valence electrons. The number of hydrogen-bond donors (Lipinski definition) is 1. The van der Waals surface area contributed by atoms with Crippen LogP contribution < -0.4 is 10.6 Å². The summed E-state index contributed by atoms with van der Waals surface area (Å²) in [6.07, 6.45) is 3.72. The molecule has 1 fully saturated rings. The van der Waals surface area contributed by atoms with Gasteiger partial charge in [-0.2, -0.15) is 0 Å². The summed E-state index contributed by atoms with van der Waals surface area (Å²) in [6.45, 7) is 6.80. The van der Waals surface area contributed by atoms with E-state index in [4.69, 9.17) is 5.73 Å². The second kappa shape index (κ2) is 4.28. The molecule has 2 heterocycles. The van der Waals surface area contributed by atoms with E-state index in [9.17, 15) is 0 Å². The van der Waals surface area contributed by atoms with Crippen molar-refractivity contribution in [1.29, 1.82) is 0 Å². The van der Waals surface area contributed by atoms with E-state index in [0.717, 1.165) is 18.9 Å². The molecule has 0 amide bonds. The van der Waals surface area contributed by atoms with E-state index in [1.807, 2.05) is 12.1 Å². The fourth-order valence-electron chi connectivity index (χ4n) is 2.13. The van der Waals surface area contributed by atoms with Gasteiger partial charge < -0.3 is 10.6 Å². The molecule has 0 atom stereocenters. The summed E-state index contributed by atoms with van der Waals surface area (Å²) in [4.78, 5) is 2.30. The topological polar surface area (TPSA) is 55.0 Å². The number of rotatable bonds is 2. The Kier molecular flexibility index (Phi) is 2.99. The number of hydrogen-bond acceptors (Lipinski definition) is 4. The molecule has 0 radical (unpaired) electrons. The van der Waals surface area contributed by atoms with Crippen LogP contribution in [0.4, 0.5) is 11.6 Å². The minimum Gasteiger partial charge on any atom is -0.382 e. The van der Waals surface area contributed by atoms with Crippen LogP contribution in [0, 0.1) is 5.41 Å². The number of nitrogens with zero attached hydrogens (tertiary/aromatic N) is 3. The standard InChI is InChI=1S/C12H20N4/c1-3-12(2)6-8-16(9-7-12)11-5-4-10(13)14-15-11/h4-5H,3,6-9H2,1-2H3,(H2,13,14). The zero-order valence-electron chi connectivity index (χ0n) is 10.1. The van der Waals surface area contributed by atoms with E-state index in [2.05, 4.69) is 28.9 Å². The highest BCUT2D eigenvalue weighted by molar-refractivity contribution is 5.41. The first-order valence-electron chi connectivity index (χ1n) is 5.97. The van der Waals surface area contributed by atoms with Gasteiger partial charge in [-0.3, -0.25) is 0 Å². The van der Waals surface area contributed by atoms with Crippen LogP contribution in [0.2, 0.25) is 0 Å². The maximum Gasteiger partial charge on any atom is 0.151 e. The lowest BCUT2D eigenvalue weighted by Gasteiger charge is -2.39. The summed E-state index contributed by atoms with van der Waals surface area (Å²) in [5, 5.41) is 8.02. The van der Waals surface area contributed by atoms with Gasteiger partial charge >= 0.3 is 0 Å². The minimum atomic E-state index is 0.485. The molecule has 1 saturated heterocycles. The molecule has 2 N–H and O–H groups in total. The predicted molar refractivity (Wildman–Crippen MR) is 66.3 cm³/mol. The molecule has 4 nitrogen and oxygen atoms in total. The van der Waals surface area contributed by atoms with Crippen molar-refractivity contribution in [2.45, 2.75) is 33.1 Å². The first-order valence-corrected chi connectivity index (χ1v) is 5.97. The van der Waals surface area contributed by atoms with Gasteiger partial charge in [-0.05, 0) is 30.4 Å². The molecule has 1 aromatic rings. The maximum atomic E-state index is 5.53. The van der Waals surface area contributed by atoms with E-state index >= 15 is 0 Å². The minimum absolute atomic E-state index is 0.485. The summed E-state index contributed by atoms with van der Waals surface area (Å²) in [7, 11) is 0. The number of anilines is 2. The Morgan fingerprint density at radius 1 is 1.31 bits per heavy atom. The number of aromatic nitrogens is 2. The zero-order chi connectivity index (χ0) is 11.6. The average Bonchev–Trinajstić information content (AvgIpc) is 2.32. The monoisotopic (exact) mass is 220 g/mol. The van der Waals surface area contributed by atoms with E-state index in [0.29, 0.717) is 11.2 Å². The van der Waals surface area contributed by atoms with Crippen molar-refractivity contribution in [2.24, 2.45) is 5.41 Å². The van der Waals surface area contributed by atoms with E-state index < -0.39 is 0 Å². The van der Waals surface area contributed by atoms with Crippen LogP contribution in [0.5, 0.6) is 0 Å². The molecule has 1 aliphatic heterocycles. The van der Waals surface area contributed by atoms with Gasteiger partial charge in [-0.25, -0.2) is 0 Å². The van der Waals surface area contributed by atoms with E-state index in [1.165, 1.54) is 19.3 Å². The first-order chi connectivity index (χ1) is 7.63. The van der Waals surface area contributed by atoms with Crippen LogP contribution in [0.15, 0.2) is 12.1 Å². The first kappa shape index (κ1) is 11.2. The molecule has 0 bridgehead atoms. The van der Waals surface area contributed by atoms with Crippen molar-refractivity contribution in [3.05, 3.63) is 12.1 Å². The molecule has 16 heavy (non-hydrogen) atoms. The van der Waals surface area contributed by atoms with Gasteiger partial charge in [-0.15, -0.1) is 10.2 Å². The van der Waals surface area contributed by atoms with Crippen molar-refractivity contribution in [3.8, 4) is 0 Å². The highest BCUT2D eigenvalue weighted by Gasteiger charge is 2.28. The summed E-state index contributed by atoms with van der Waals surface area (Å²) in [5.74, 6) is 1.44. The van der Waals surface area contributed by atoms with Crippen LogP contribution in [-0.2, 0) is 0 Å². The molecular weight excluding hydrogens is 200 g/mol. The molecule has 2 rings (SSSR count). The Morgan fingerprint density at radius 3 is 2.50 bits per heavy atom. The third kappa shape index (κ3) is 2.26. The van der Waals surface area contributed by atoms with Gasteiger partial charge in [0.1, 0.15) is 5.82 Å². The Bertz CT molecular complexity index is 339. The molecular formula is C12H20N4. The molecule has 4 heteroatoms. The van der Waals surface area contributed by atoms with Gasteiger partial charge in [0.25, 0.3) is 0 Å². The number of nitrogen functional groups attached to an aromatic ring is 1. The van der Waals surface area contributed by atoms with Crippen LogP contribution in [0.1, 0.15) is 33.1 Å². The average molecular weight is 220 g/mol. The Morgan fingerprint density at radius 2 is 2.00 bits per heavy atom. The smallest absolute Gasteiger partial charge is 0.151 e. The van der Waals surface area contributed by atoms with Crippen LogP contribution in [0.25, 0.3) is 0 Å². The SMILES string of the molecule is CCC1(C)CCN(c2ccc(N)nn2)CC1. The maximum absolute atomic E-state index is 5.53. The quantitative estimate of drug-likeness (QED) is 0.829. The van der Waals surface area contributed by atoms with Crippen molar-refractivity contribution < 1.29 is 0 Å². The van der Waals surface area contributed by atoms with Gasteiger partial charge in [0.15, 0.2) is 5.82 Å². The molecule has 0 unspecified atom stereocenters. The second-order valence-electron chi connectivity index (χ2n) is 4.97. The predicted octanol–water partition coefficient (Wildman–Crippen LogP) is 2.08. The van der Waals surface area contributed by atoms with Gasteiger partial charge in [0.2, 0.25) is 0 Å². The lowest BCUT2D eigenvalue weighted by Crippen LogP contribution is -2.38. The third-order valence-corrected chi connectivity index (χ3v) is 3.82. The molecule has 0 aromatic carbocycles. The summed E-state index contributed by atoms with van der Waals surface area (Å²) in [5.41, 5.74) is 6.04. The van der Waals surface area contributed by atoms with E-state index in [-0.39, 0.29) is 0 Å². The number of nitrogens with two attached hydrogens (primary N) is 1. The molecule has 1 aromatic heterocycles. The van der Waals surface area contributed by atoms with Crippen LogP contribution in [-0.4, -0.2) is 23.3 Å². The van der Waals surface area contributed by atoms with Gasteiger partial charge in [0, 0.05) is 13.1 Å². The van der Waals surface area contributed by atoms with Crippen molar-refractivity contribution in [3.63, 3.8) is 0 Å². The molecule has 0 saturated carbocycles. The summed E-state index contributed by atoms with van der Waals surface area (Å²) >= 11 is 0. The Hall–Kier alpha value is -1.32. The Balaban J connectivity index is 2.01. The molecule has 0 aliphatic carbocycles. The van der Waals surface area contributed by atoms with Gasteiger partial charge in [0.05, 0.1) is 0 Å². The van der Waals surface area contributed by atoms with Crippen molar-refractivity contribution in [1.82, 2.24) is 10.2 Å². The van der Waals surface area contributed by atoms with Crippen LogP contribution in [0.3, 0.4) is 0 Å². The normalized spacial score (nSPS) is 19.8. The lowest BCUT2D eigenvalue weighted by molar-refractivity contribution is 0.237. The zero-order valence-corrected chi connectivity index (χ0v) is 10.1. The van der Waals surface area contributed by atoms with Crippen molar-refractivity contribution in [2.75, 3.05) is 23.7 Å². The largest absolute Gasteiger partial charge is 0.382 e. The number of piperidine rings is 1.